The van der Waals surface area contributed by atoms with Crippen LogP contribution in [0, 0.1) is 17.8 Å². The number of aromatic hydroxyl groups is 1. The van der Waals surface area contributed by atoms with E-state index in [2.05, 4.69) is 5.32 Å². The van der Waals surface area contributed by atoms with Gasteiger partial charge in [-0.05, 0) is 50.4 Å². The summed E-state index contributed by atoms with van der Waals surface area (Å²) in [6.07, 6.45) is -4.09. The van der Waals surface area contributed by atoms with Gasteiger partial charge in [0.1, 0.15) is 22.8 Å². The fourth-order valence-corrected chi connectivity index (χ4v) is 6.24. The number of ketones is 2. The number of alkyl halides is 3. The predicted octanol–water partition coefficient (Wildman–Crippen LogP) is 1.57. The number of hydrogen-bond donors (Lipinski definition) is 5. The lowest BCUT2D eigenvalue weighted by atomic mass is 9.59. The monoisotopic (exact) mass is 552 g/mol. The van der Waals surface area contributed by atoms with Crippen LogP contribution < -0.4 is 16.0 Å². The number of halogens is 3. The number of hydrogen-bond acceptors (Lipinski definition) is 9. The molecule has 39 heavy (non-hydrogen) atoms. The molecule has 212 valence electrons. The summed E-state index contributed by atoms with van der Waals surface area (Å²) in [5.74, 6) is -7.06. The topological polar surface area (TPSA) is 156 Å². The minimum absolute atomic E-state index is 0.0796. The molecular weight excluding hydrogens is 521 g/mol. The minimum atomic E-state index is -4.47. The Balaban J connectivity index is 1.85. The number of fused-ring (bicyclic) bond motifs is 3. The molecule has 6 N–H and O–H groups in total. The number of nitrogens with two attached hydrogens (primary N) is 1. The van der Waals surface area contributed by atoms with Crippen LogP contribution in [0.4, 0.5) is 18.9 Å². The molecule has 3 aliphatic carbocycles. The number of Topliss-reactive ketones (excluding diaryl/α,β-unsaturated/α-hetero) is 2. The average Bonchev–Trinajstić information content (AvgIpc) is 2.78. The van der Waals surface area contributed by atoms with Gasteiger partial charge in [0.25, 0.3) is 5.91 Å². The molecule has 1 fully saturated rings. The third-order valence-electron chi connectivity index (χ3n) is 7.74. The Labute approximate surface area is 222 Å². The standard InChI is InChI=1S/C26H31F3N4O6/c1-32(2)14-7-11(8-31-9-26(27,28)29)20(34)16-12(14)5-10-6-13-17(22(36)15(10)21(16)35)23(37)18(25(30)39)24(38)19(13)33(3)4/h7,10,13,17,19,31,34-35,38H,5-6,8-9H2,1-4H3,(H2,30,39)/t10?,13?,17?,19-/m0/s1. The van der Waals surface area contributed by atoms with Crippen LogP contribution in [0.15, 0.2) is 23.0 Å². The molecule has 13 heteroatoms. The first-order valence-electron chi connectivity index (χ1n) is 12.3. The number of phenolic OH excluding ortho intramolecular Hbond substituents is 1. The summed E-state index contributed by atoms with van der Waals surface area (Å²) in [6, 6.07) is 0.678. The van der Waals surface area contributed by atoms with Gasteiger partial charge in [0.15, 0.2) is 11.6 Å². The number of allylic oxidation sites excluding steroid dienone is 1. The lowest BCUT2D eigenvalue weighted by Crippen LogP contribution is -2.55. The maximum absolute atomic E-state index is 13.8. The van der Waals surface area contributed by atoms with E-state index in [0.717, 1.165) is 0 Å². The minimum Gasteiger partial charge on any atom is -0.510 e. The van der Waals surface area contributed by atoms with Gasteiger partial charge in [-0.3, -0.25) is 19.3 Å². The number of amides is 1. The van der Waals surface area contributed by atoms with Crippen LogP contribution in [0.2, 0.25) is 0 Å². The van der Waals surface area contributed by atoms with Crippen LogP contribution in [0.25, 0.3) is 5.76 Å². The van der Waals surface area contributed by atoms with E-state index in [-0.39, 0.29) is 36.1 Å². The largest absolute Gasteiger partial charge is 0.510 e. The number of likely N-dealkylation sites (N-methyl/N-ethyl adjacent to an activating group) is 1. The van der Waals surface area contributed by atoms with Crippen molar-refractivity contribution in [1.82, 2.24) is 10.2 Å². The number of aliphatic hydroxyl groups excluding tert-OH is 2. The van der Waals surface area contributed by atoms with Crippen molar-refractivity contribution in [2.24, 2.45) is 23.5 Å². The van der Waals surface area contributed by atoms with Crippen molar-refractivity contribution >= 4 is 28.9 Å². The fourth-order valence-electron chi connectivity index (χ4n) is 6.24. The molecule has 3 aliphatic rings. The number of rotatable bonds is 6. The Morgan fingerprint density at radius 3 is 2.31 bits per heavy atom. The number of benzene rings is 1. The molecule has 0 aromatic heterocycles. The Kier molecular flexibility index (Phi) is 7.19. The highest BCUT2D eigenvalue weighted by molar-refractivity contribution is 6.28. The zero-order chi connectivity index (χ0) is 29.1. The zero-order valence-electron chi connectivity index (χ0n) is 21.9. The zero-order valence-corrected chi connectivity index (χ0v) is 21.9. The molecule has 4 atom stereocenters. The van der Waals surface area contributed by atoms with Gasteiger partial charge in [-0.2, -0.15) is 13.2 Å². The van der Waals surface area contributed by atoms with E-state index >= 15 is 0 Å². The number of nitrogens with one attached hydrogen (secondary N) is 1. The summed E-state index contributed by atoms with van der Waals surface area (Å²) >= 11 is 0. The van der Waals surface area contributed by atoms with E-state index in [0.29, 0.717) is 11.3 Å². The molecule has 1 aromatic rings. The van der Waals surface area contributed by atoms with Crippen molar-refractivity contribution in [3.63, 3.8) is 0 Å². The smallest absolute Gasteiger partial charge is 0.401 e. The summed E-state index contributed by atoms with van der Waals surface area (Å²) in [7, 11) is 6.67. The second kappa shape index (κ2) is 9.87. The lowest BCUT2D eigenvalue weighted by Gasteiger charge is -2.46. The number of anilines is 1. The maximum atomic E-state index is 13.8. The summed E-state index contributed by atoms with van der Waals surface area (Å²) in [5.41, 5.74) is 5.64. The Bertz CT molecular complexity index is 1320. The van der Waals surface area contributed by atoms with E-state index in [9.17, 15) is 42.9 Å². The molecule has 1 saturated carbocycles. The van der Waals surface area contributed by atoms with Crippen LogP contribution in [-0.2, 0) is 27.3 Å². The van der Waals surface area contributed by atoms with Crippen molar-refractivity contribution < 1.29 is 42.9 Å². The highest BCUT2D eigenvalue weighted by Crippen LogP contribution is 2.52. The quantitative estimate of drug-likeness (QED) is 0.261. The van der Waals surface area contributed by atoms with Crippen molar-refractivity contribution in [2.75, 3.05) is 39.6 Å². The van der Waals surface area contributed by atoms with Gasteiger partial charge in [0, 0.05) is 37.5 Å². The Morgan fingerprint density at radius 1 is 1.13 bits per heavy atom. The molecule has 0 spiro atoms. The number of nitrogens with zero attached hydrogens (tertiary/aromatic N) is 2. The van der Waals surface area contributed by atoms with Crippen molar-refractivity contribution in [3.8, 4) is 5.75 Å². The molecule has 4 rings (SSSR count). The van der Waals surface area contributed by atoms with Crippen LogP contribution in [0.1, 0.15) is 23.1 Å². The van der Waals surface area contributed by atoms with Crippen LogP contribution >= 0.6 is 0 Å². The van der Waals surface area contributed by atoms with E-state index in [1.165, 1.54) is 6.07 Å². The van der Waals surface area contributed by atoms with Crippen molar-refractivity contribution in [3.05, 3.63) is 39.7 Å². The highest BCUT2D eigenvalue weighted by Gasteiger charge is 2.56. The van der Waals surface area contributed by atoms with Gasteiger partial charge in [-0.15, -0.1) is 0 Å². The highest BCUT2D eigenvalue weighted by atomic mass is 19.4. The molecule has 0 saturated heterocycles. The first-order valence-corrected chi connectivity index (χ1v) is 12.3. The first kappa shape index (κ1) is 28.4. The summed E-state index contributed by atoms with van der Waals surface area (Å²) in [6.45, 7) is -1.66. The molecular formula is C26H31F3N4O6. The lowest BCUT2D eigenvalue weighted by molar-refractivity contribution is -0.137. The predicted molar refractivity (Wildman–Crippen MR) is 135 cm³/mol. The second-order valence-electron chi connectivity index (χ2n) is 10.7. The molecule has 1 amide bonds. The maximum Gasteiger partial charge on any atom is 0.401 e. The van der Waals surface area contributed by atoms with Crippen molar-refractivity contribution in [1.29, 1.82) is 0 Å². The van der Waals surface area contributed by atoms with Crippen LogP contribution in [-0.4, -0.2) is 84.6 Å². The summed E-state index contributed by atoms with van der Waals surface area (Å²) < 4.78 is 38.0. The number of aliphatic hydroxyl groups is 2. The van der Waals surface area contributed by atoms with E-state index in [1.54, 1.807) is 38.0 Å². The van der Waals surface area contributed by atoms with Gasteiger partial charge in [-0.25, -0.2) is 0 Å². The molecule has 3 unspecified atom stereocenters. The molecule has 1 aromatic carbocycles. The summed E-state index contributed by atoms with van der Waals surface area (Å²) in [4.78, 5) is 42.4. The number of carbonyl (C=O) groups excluding carboxylic acids is 3. The third-order valence-corrected chi connectivity index (χ3v) is 7.74. The van der Waals surface area contributed by atoms with Gasteiger partial charge in [0.2, 0.25) is 0 Å². The average molecular weight is 553 g/mol. The SMILES string of the molecule is CN(C)c1cc(CNCC(F)(F)F)c(O)c2c1CC1CC3C(C(=O)C(C(N)=O)=C(O)[C@H]3N(C)C)C(=O)C1=C2O. The Hall–Kier alpha value is -3.58. The third kappa shape index (κ3) is 4.73. The van der Waals surface area contributed by atoms with Crippen molar-refractivity contribution in [2.45, 2.75) is 31.6 Å². The van der Waals surface area contributed by atoms with Crippen LogP contribution in [0.3, 0.4) is 0 Å². The second-order valence-corrected chi connectivity index (χ2v) is 10.7. The van der Waals surface area contributed by atoms with E-state index in [1.807, 2.05) is 0 Å². The van der Waals surface area contributed by atoms with Crippen LogP contribution in [0.5, 0.6) is 5.75 Å². The van der Waals surface area contributed by atoms with Gasteiger partial charge in [0.05, 0.1) is 24.1 Å². The fraction of sp³-hybridized carbons (Fsp3) is 0.500. The molecule has 0 aliphatic heterocycles. The Morgan fingerprint density at radius 2 is 1.77 bits per heavy atom. The normalized spacial score (nSPS) is 25.0. The number of carbonyl (C=O) groups is 3. The molecule has 0 radical (unpaired) electrons. The van der Waals surface area contributed by atoms with Gasteiger partial charge >= 0.3 is 6.18 Å². The first-order chi connectivity index (χ1) is 18.1. The van der Waals surface area contributed by atoms with Gasteiger partial charge in [-0.1, -0.05) is 0 Å². The van der Waals surface area contributed by atoms with E-state index < -0.39 is 76.8 Å². The summed E-state index contributed by atoms with van der Waals surface area (Å²) in [5, 5.41) is 35.4. The number of phenols is 1. The molecule has 0 heterocycles. The van der Waals surface area contributed by atoms with E-state index in [4.69, 9.17) is 5.73 Å². The van der Waals surface area contributed by atoms with Gasteiger partial charge < -0.3 is 31.3 Å². The molecule has 0 bridgehead atoms. The number of primary amides is 1. The molecule has 10 nitrogen and oxygen atoms in total.